The molecule has 0 radical (unpaired) electrons. The number of imidazole rings is 1. The summed E-state index contributed by atoms with van der Waals surface area (Å²) in [6.45, 7) is 1.61. The van der Waals surface area contributed by atoms with Gasteiger partial charge in [0.25, 0.3) is 0 Å². The van der Waals surface area contributed by atoms with Crippen LogP contribution in [0.15, 0.2) is 22.7 Å². The van der Waals surface area contributed by atoms with Gasteiger partial charge in [0.2, 0.25) is 0 Å². The highest BCUT2D eigenvalue weighted by atomic mass is 79.9. The van der Waals surface area contributed by atoms with E-state index in [1.54, 1.807) is 0 Å². The second kappa shape index (κ2) is 5.62. The van der Waals surface area contributed by atoms with E-state index < -0.39 is 0 Å². The normalized spacial score (nSPS) is 11.2. The maximum Gasteiger partial charge on any atom is 0.111 e. The molecule has 0 bridgehead atoms. The first kappa shape index (κ1) is 12.5. The van der Waals surface area contributed by atoms with Gasteiger partial charge in [-0.05, 0) is 25.2 Å². The number of hydrogen-bond acceptors (Lipinski definition) is 3. The third kappa shape index (κ3) is 2.68. The highest BCUT2D eigenvalue weighted by Gasteiger charge is 2.09. The maximum atomic E-state index is 9.13. The Hall–Kier alpha value is -0.910. The lowest BCUT2D eigenvalue weighted by atomic mass is 10.3. The van der Waals surface area contributed by atoms with E-state index in [1.807, 2.05) is 25.2 Å². The van der Waals surface area contributed by atoms with Gasteiger partial charge in [-0.2, -0.15) is 0 Å². The number of nitrogens with zero attached hydrogens (tertiary/aromatic N) is 2. The van der Waals surface area contributed by atoms with Crippen LogP contribution in [0.2, 0.25) is 0 Å². The molecule has 5 heteroatoms. The summed E-state index contributed by atoms with van der Waals surface area (Å²) in [5, 5.41) is 12.2. The van der Waals surface area contributed by atoms with E-state index in [0.717, 1.165) is 34.3 Å². The molecule has 0 aliphatic carbocycles. The summed E-state index contributed by atoms with van der Waals surface area (Å²) < 4.78 is 3.11. The smallest absolute Gasteiger partial charge is 0.111 e. The number of aromatic nitrogens is 2. The summed E-state index contributed by atoms with van der Waals surface area (Å²) in [5.74, 6) is 1.02. The summed E-state index contributed by atoms with van der Waals surface area (Å²) in [6.07, 6.45) is 0.864. The Balaban J connectivity index is 2.45. The van der Waals surface area contributed by atoms with Crippen LogP contribution in [0.4, 0.5) is 0 Å². The number of aliphatic hydroxyl groups excluding tert-OH is 1. The number of nitrogens with one attached hydrogen (secondary N) is 1. The largest absolute Gasteiger partial charge is 0.395 e. The van der Waals surface area contributed by atoms with Crippen LogP contribution in [0.5, 0.6) is 0 Å². The Bertz CT molecular complexity index is 510. The maximum absolute atomic E-state index is 9.13. The molecule has 2 aromatic rings. The summed E-state index contributed by atoms with van der Waals surface area (Å²) >= 11 is 3.45. The molecule has 1 heterocycles. The van der Waals surface area contributed by atoms with E-state index in [-0.39, 0.29) is 6.61 Å². The van der Waals surface area contributed by atoms with Crippen LogP contribution in [0.25, 0.3) is 11.0 Å². The monoisotopic (exact) mass is 297 g/mol. The third-order valence-electron chi connectivity index (χ3n) is 2.71. The minimum absolute atomic E-state index is 0.133. The summed E-state index contributed by atoms with van der Waals surface area (Å²) in [7, 11) is 1.93. The van der Waals surface area contributed by atoms with Gasteiger partial charge in [-0.15, -0.1) is 0 Å². The van der Waals surface area contributed by atoms with Crippen LogP contribution < -0.4 is 5.32 Å². The number of benzene rings is 1. The Labute approximate surface area is 109 Å². The van der Waals surface area contributed by atoms with Crippen LogP contribution in [-0.2, 0) is 13.0 Å². The molecule has 1 aromatic carbocycles. The van der Waals surface area contributed by atoms with Crippen molar-refractivity contribution >= 4 is 27.0 Å². The Morgan fingerprint density at radius 2 is 2.29 bits per heavy atom. The fourth-order valence-electron chi connectivity index (χ4n) is 1.93. The number of rotatable bonds is 5. The topological polar surface area (TPSA) is 50.1 Å². The fourth-order valence-corrected chi connectivity index (χ4v) is 2.28. The average Bonchev–Trinajstić information content (AvgIpc) is 2.64. The van der Waals surface area contributed by atoms with Gasteiger partial charge in [-0.1, -0.05) is 15.9 Å². The third-order valence-corrected chi connectivity index (χ3v) is 3.20. The quantitative estimate of drug-likeness (QED) is 0.880. The Morgan fingerprint density at radius 3 is 3.00 bits per heavy atom. The molecule has 2 N–H and O–H groups in total. The van der Waals surface area contributed by atoms with Crippen molar-refractivity contribution in [2.45, 2.75) is 13.0 Å². The standard InChI is InChI=1S/C12H16BrN3O/c1-14-5-4-12-15-10-8-9(13)2-3-11(10)16(12)6-7-17/h2-3,8,14,17H,4-7H2,1H3. The van der Waals surface area contributed by atoms with E-state index in [2.05, 4.69) is 30.8 Å². The van der Waals surface area contributed by atoms with Crippen molar-refractivity contribution in [3.8, 4) is 0 Å². The zero-order valence-corrected chi connectivity index (χ0v) is 11.4. The molecule has 1 aromatic heterocycles. The predicted molar refractivity (Wildman–Crippen MR) is 72.1 cm³/mol. The van der Waals surface area contributed by atoms with Gasteiger partial charge in [-0.3, -0.25) is 0 Å². The van der Waals surface area contributed by atoms with Crippen molar-refractivity contribution in [1.29, 1.82) is 0 Å². The van der Waals surface area contributed by atoms with Crippen LogP contribution in [0.1, 0.15) is 5.82 Å². The molecule has 0 amide bonds. The number of fused-ring (bicyclic) bond motifs is 1. The molecule has 92 valence electrons. The Morgan fingerprint density at radius 1 is 1.47 bits per heavy atom. The number of hydrogen-bond donors (Lipinski definition) is 2. The van der Waals surface area contributed by atoms with Gasteiger partial charge >= 0.3 is 0 Å². The zero-order valence-electron chi connectivity index (χ0n) is 9.78. The van der Waals surface area contributed by atoms with Crippen molar-refractivity contribution in [2.75, 3.05) is 20.2 Å². The molecule has 0 aliphatic heterocycles. The number of aliphatic hydroxyl groups is 1. The molecule has 0 fully saturated rings. The van der Waals surface area contributed by atoms with Gasteiger partial charge < -0.3 is 15.0 Å². The highest BCUT2D eigenvalue weighted by Crippen LogP contribution is 2.21. The van der Waals surface area contributed by atoms with Gasteiger partial charge in [0.05, 0.1) is 17.6 Å². The van der Waals surface area contributed by atoms with Crippen molar-refractivity contribution in [3.05, 3.63) is 28.5 Å². The molecular formula is C12H16BrN3O. The van der Waals surface area contributed by atoms with E-state index in [1.165, 1.54) is 0 Å². The van der Waals surface area contributed by atoms with Gasteiger partial charge in [0.15, 0.2) is 0 Å². The zero-order chi connectivity index (χ0) is 12.3. The molecule has 0 atom stereocenters. The van der Waals surface area contributed by atoms with Crippen LogP contribution in [0.3, 0.4) is 0 Å². The second-order valence-electron chi connectivity index (χ2n) is 3.89. The lowest BCUT2D eigenvalue weighted by molar-refractivity contribution is 0.276. The van der Waals surface area contributed by atoms with E-state index >= 15 is 0 Å². The molecule has 0 saturated heterocycles. The molecule has 0 unspecified atom stereocenters. The molecule has 4 nitrogen and oxygen atoms in total. The van der Waals surface area contributed by atoms with E-state index in [0.29, 0.717) is 6.54 Å². The first-order chi connectivity index (χ1) is 8.26. The summed E-state index contributed by atoms with van der Waals surface area (Å²) in [4.78, 5) is 4.61. The first-order valence-corrected chi connectivity index (χ1v) is 6.45. The van der Waals surface area contributed by atoms with Gasteiger partial charge in [0.1, 0.15) is 5.82 Å². The molecular weight excluding hydrogens is 282 g/mol. The van der Waals surface area contributed by atoms with Crippen molar-refractivity contribution < 1.29 is 5.11 Å². The van der Waals surface area contributed by atoms with E-state index in [9.17, 15) is 0 Å². The first-order valence-electron chi connectivity index (χ1n) is 5.66. The molecule has 0 saturated carbocycles. The fraction of sp³-hybridized carbons (Fsp3) is 0.417. The van der Waals surface area contributed by atoms with Crippen molar-refractivity contribution in [1.82, 2.24) is 14.9 Å². The summed E-state index contributed by atoms with van der Waals surface area (Å²) in [5.41, 5.74) is 2.05. The lowest BCUT2D eigenvalue weighted by Gasteiger charge is -2.06. The lowest BCUT2D eigenvalue weighted by Crippen LogP contribution is -2.15. The predicted octanol–water partition coefficient (Wildman–Crippen LogP) is 1.55. The Kier molecular flexibility index (Phi) is 4.15. The number of halogens is 1. The minimum atomic E-state index is 0.133. The average molecular weight is 298 g/mol. The minimum Gasteiger partial charge on any atom is -0.395 e. The number of likely N-dealkylation sites (N-methyl/N-ethyl adjacent to an activating group) is 1. The second-order valence-corrected chi connectivity index (χ2v) is 4.81. The molecule has 17 heavy (non-hydrogen) atoms. The molecule has 0 aliphatic rings. The van der Waals surface area contributed by atoms with Gasteiger partial charge in [0, 0.05) is 24.0 Å². The van der Waals surface area contributed by atoms with E-state index in [4.69, 9.17) is 5.11 Å². The van der Waals surface area contributed by atoms with Crippen LogP contribution in [0, 0.1) is 0 Å². The highest BCUT2D eigenvalue weighted by molar-refractivity contribution is 9.10. The van der Waals surface area contributed by atoms with Gasteiger partial charge in [-0.25, -0.2) is 4.98 Å². The molecule has 0 spiro atoms. The van der Waals surface area contributed by atoms with Crippen LogP contribution in [-0.4, -0.2) is 34.9 Å². The van der Waals surface area contributed by atoms with Crippen LogP contribution >= 0.6 is 15.9 Å². The van der Waals surface area contributed by atoms with Crippen molar-refractivity contribution in [3.63, 3.8) is 0 Å². The SMILES string of the molecule is CNCCc1nc2cc(Br)ccc2n1CCO. The molecule has 2 rings (SSSR count). The van der Waals surface area contributed by atoms with Crippen molar-refractivity contribution in [2.24, 2.45) is 0 Å². The summed E-state index contributed by atoms with van der Waals surface area (Å²) in [6, 6.07) is 6.04.